The van der Waals surface area contributed by atoms with Crippen molar-refractivity contribution < 1.29 is 9.47 Å². The first-order chi connectivity index (χ1) is 7.29. The number of rotatable bonds is 0. The molecule has 0 bridgehead atoms. The molecule has 2 heteroatoms. The van der Waals surface area contributed by atoms with Crippen LogP contribution in [0.5, 0.6) is 5.75 Å². The Morgan fingerprint density at radius 1 is 1.20 bits per heavy atom. The van der Waals surface area contributed by atoms with E-state index in [1.54, 1.807) is 0 Å². The number of para-hydroxylation sites is 1. The van der Waals surface area contributed by atoms with Crippen LogP contribution in [0.25, 0.3) is 0 Å². The molecule has 80 valence electrons. The summed E-state index contributed by atoms with van der Waals surface area (Å²) >= 11 is 0. The van der Waals surface area contributed by atoms with Gasteiger partial charge in [-0.2, -0.15) is 0 Å². The van der Waals surface area contributed by atoms with Gasteiger partial charge in [0.2, 0.25) is 5.79 Å². The summed E-state index contributed by atoms with van der Waals surface area (Å²) in [5, 5.41) is 0. The van der Waals surface area contributed by atoms with Crippen LogP contribution in [0.3, 0.4) is 0 Å². The van der Waals surface area contributed by atoms with Crippen LogP contribution < -0.4 is 4.74 Å². The quantitative estimate of drug-likeness (QED) is 0.644. The van der Waals surface area contributed by atoms with Crippen molar-refractivity contribution in [2.24, 2.45) is 0 Å². The maximum atomic E-state index is 6.04. The predicted molar refractivity (Wildman–Crippen MR) is 57.8 cm³/mol. The molecule has 1 spiro atoms. The Bertz CT molecular complexity index is 367. The van der Waals surface area contributed by atoms with Crippen LogP contribution in [-0.2, 0) is 4.74 Å². The number of ether oxygens (including phenoxy) is 2. The van der Waals surface area contributed by atoms with Gasteiger partial charge in [0.1, 0.15) is 5.75 Å². The van der Waals surface area contributed by atoms with E-state index in [1.807, 2.05) is 12.1 Å². The molecule has 15 heavy (non-hydrogen) atoms. The Labute approximate surface area is 90.2 Å². The fourth-order valence-electron chi connectivity index (χ4n) is 2.65. The molecule has 0 N–H and O–H groups in total. The van der Waals surface area contributed by atoms with Gasteiger partial charge in [-0.25, -0.2) is 0 Å². The zero-order chi connectivity index (χ0) is 10.3. The molecule has 1 aromatic carbocycles. The Balaban J connectivity index is 1.98. The molecule has 2 aliphatic rings. The van der Waals surface area contributed by atoms with Gasteiger partial charge in [0, 0.05) is 18.4 Å². The maximum Gasteiger partial charge on any atom is 0.211 e. The largest absolute Gasteiger partial charge is 0.462 e. The molecule has 0 amide bonds. The van der Waals surface area contributed by atoms with Gasteiger partial charge in [0.25, 0.3) is 0 Å². The van der Waals surface area contributed by atoms with Gasteiger partial charge in [-0.05, 0) is 25.8 Å². The van der Waals surface area contributed by atoms with Crippen LogP contribution in [0.1, 0.15) is 44.3 Å². The third-order valence-electron chi connectivity index (χ3n) is 3.41. The molecular formula is C13H16O2. The summed E-state index contributed by atoms with van der Waals surface area (Å²) in [7, 11) is 0. The van der Waals surface area contributed by atoms with Crippen LogP contribution in [-0.4, -0.2) is 5.79 Å². The first kappa shape index (κ1) is 9.22. The summed E-state index contributed by atoms with van der Waals surface area (Å²) in [6, 6.07) is 8.20. The SMILES string of the molecule is CC1OC2(CCCC2)Oc2ccccc21. The van der Waals surface area contributed by atoms with Crippen molar-refractivity contribution in [1.29, 1.82) is 0 Å². The van der Waals surface area contributed by atoms with Crippen LogP contribution in [0.15, 0.2) is 24.3 Å². The molecule has 0 radical (unpaired) electrons. The van der Waals surface area contributed by atoms with Crippen molar-refractivity contribution in [3.8, 4) is 5.75 Å². The van der Waals surface area contributed by atoms with Crippen LogP contribution in [0.2, 0.25) is 0 Å². The van der Waals surface area contributed by atoms with Crippen molar-refractivity contribution in [1.82, 2.24) is 0 Å². The molecule has 2 nitrogen and oxygen atoms in total. The third-order valence-corrected chi connectivity index (χ3v) is 3.41. The van der Waals surface area contributed by atoms with E-state index >= 15 is 0 Å². The number of fused-ring (bicyclic) bond motifs is 1. The molecule has 0 aromatic heterocycles. The maximum absolute atomic E-state index is 6.04. The van der Waals surface area contributed by atoms with Crippen molar-refractivity contribution in [2.75, 3.05) is 0 Å². The molecular weight excluding hydrogens is 188 g/mol. The molecule has 3 rings (SSSR count). The van der Waals surface area contributed by atoms with Crippen LogP contribution in [0.4, 0.5) is 0 Å². The molecule has 1 saturated carbocycles. The molecule has 1 aromatic rings. The monoisotopic (exact) mass is 204 g/mol. The lowest BCUT2D eigenvalue weighted by Gasteiger charge is -2.38. The first-order valence-electron chi connectivity index (χ1n) is 5.75. The van der Waals surface area contributed by atoms with Crippen molar-refractivity contribution in [3.05, 3.63) is 29.8 Å². The lowest BCUT2D eigenvalue weighted by Crippen LogP contribution is -2.40. The molecule has 1 aliphatic carbocycles. The average Bonchev–Trinajstić information content (AvgIpc) is 2.66. The fourth-order valence-corrected chi connectivity index (χ4v) is 2.65. The average molecular weight is 204 g/mol. The van der Waals surface area contributed by atoms with Gasteiger partial charge in [-0.15, -0.1) is 0 Å². The van der Waals surface area contributed by atoms with Gasteiger partial charge in [0.05, 0.1) is 6.10 Å². The lowest BCUT2D eigenvalue weighted by atomic mass is 10.1. The summed E-state index contributed by atoms with van der Waals surface area (Å²) < 4.78 is 12.1. The third kappa shape index (κ3) is 1.44. The molecule has 1 heterocycles. The predicted octanol–water partition coefficient (Wildman–Crippen LogP) is 3.43. The van der Waals surface area contributed by atoms with E-state index in [9.17, 15) is 0 Å². The number of hydrogen-bond donors (Lipinski definition) is 0. The van der Waals surface area contributed by atoms with E-state index in [-0.39, 0.29) is 11.9 Å². The van der Waals surface area contributed by atoms with Gasteiger partial charge >= 0.3 is 0 Å². The minimum absolute atomic E-state index is 0.160. The summed E-state index contributed by atoms with van der Waals surface area (Å²) in [5.74, 6) is 0.700. The highest BCUT2D eigenvalue weighted by atomic mass is 16.7. The smallest absolute Gasteiger partial charge is 0.211 e. The highest BCUT2D eigenvalue weighted by molar-refractivity contribution is 5.36. The molecule has 1 aliphatic heterocycles. The summed E-state index contributed by atoms with van der Waals surface area (Å²) in [4.78, 5) is 0. The van der Waals surface area contributed by atoms with Crippen molar-refractivity contribution in [3.63, 3.8) is 0 Å². The van der Waals surface area contributed by atoms with E-state index < -0.39 is 0 Å². The standard InChI is InChI=1S/C13H16O2/c1-10-11-6-2-3-7-12(11)15-13(14-10)8-4-5-9-13/h2-3,6-7,10H,4-5,8-9H2,1H3. The second-order valence-corrected chi connectivity index (χ2v) is 4.52. The first-order valence-corrected chi connectivity index (χ1v) is 5.75. The van der Waals surface area contributed by atoms with Crippen molar-refractivity contribution >= 4 is 0 Å². The lowest BCUT2D eigenvalue weighted by molar-refractivity contribution is -0.221. The zero-order valence-electron chi connectivity index (χ0n) is 9.03. The molecule has 1 atom stereocenters. The normalized spacial score (nSPS) is 27.4. The Morgan fingerprint density at radius 2 is 1.93 bits per heavy atom. The molecule has 0 saturated heterocycles. The van der Waals surface area contributed by atoms with Gasteiger partial charge in [-0.3, -0.25) is 0 Å². The second kappa shape index (κ2) is 3.24. The summed E-state index contributed by atoms with van der Waals surface area (Å²) in [6.07, 6.45) is 4.66. The van der Waals surface area contributed by atoms with Gasteiger partial charge < -0.3 is 9.47 Å². The molecule has 1 fully saturated rings. The minimum Gasteiger partial charge on any atom is -0.462 e. The zero-order valence-corrected chi connectivity index (χ0v) is 9.03. The fraction of sp³-hybridized carbons (Fsp3) is 0.538. The van der Waals surface area contributed by atoms with E-state index in [1.165, 1.54) is 18.4 Å². The highest BCUT2D eigenvalue weighted by Gasteiger charge is 2.42. The summed E-state index contributed by atoms with van der Waals surface area (Å²) in [5.41, 5.74) is 1.18. The van der Waals surface area contributed by atoms with E-state index in [4.69, 9.17) is 9.47 Å². The van der Waals surface area contributed by atoms with Crippen LogP contribution in [0, 0.1) is 0 Å². The number of benzene rings is 1. The van der Waals surface area contributed by atoms with Crippen LogP contribution >= 0.6 is 0 Å². The minimum atomic E-state index is -0.312. The Morgan fingerprint density at radius 3 is 2.73 bits per heavy atom. The van der Waals surface area contributed by atoms with Crippen molar-refractivity contribution in [2.45, 2.75) is 44.5 Å². The Hall–Kier alpha value is -1.02. The topological polar surface area (TPSA) is 18.5 Å². The van der Waals surface area contributed by atoms with Gasteiger partial charge in [-0.1, -0.05) is 18.2 Å². The Kier molecular flexibility index (Phi) is 1.99. The highest BCUT2D eigenvalue weighted by Crippen LogP contribution is 2.45. The number of hydrogen-bond acceptors (Lipinski definition) is 2. The van der Waals surface area contributed by atoms with E-state index in [2.05, 4.69) is 19.1 Å². The van der Waals surface area contributed by atoms with Gasteiger partial charge in [0.15, 0.2) is 0 Å². The summed E-state index contributed by atoms with van der Waals surface area (Å²) in [6.45, 7) is 2.11. The second-order valence-electron chi connectivity index (χ2n) is 4.52. The van der Waals surface area contributed by atoms with E-state index in [0.29, 0.717) is 0 Å². The molecule has 1 unspecified atom stereocenters. The van der Waals surface area contributed by atoms with E-state index in [0.717, 1.165) is 18.6 Å².